The molecule has 130 valence electrons. The fraction of sp³-hybridized carbons (Fsp3) is 0.167. The van der Waals surface area contributed by atoms with Crippen LogP contribution in [0.2, 0.25) is 0 Å². The van der Waals surface area contributed by atoms with E-state index in [9.17, 15) is 4.79 Å². The second-order valence-corrected chi connectivity index (χ2v) is 5.95. The van der Waals surface area contributed by atoms with Crippen LogP contribution in [0.1, 0.15) is 17.2 Å². The maximum Gasteiger partial charge on any atom is 0.259 e. The summed E-state index contributed by atoms with van der Waals surface area (Å²) in [5, 5.41) is 14.9. The Morgan fingerprint density at radius 3 is 2.77 bits per heavy atom. The lowest BCUT2D eigenvalue weighted by Gasteiger charge is -2.07. The Morgan fingerprint density at radius 1 is 1.15 bits per heavy atom. The molecule has 0 unspecified atom stereocenters. The van der Waals surface area contributed by atoms with Crippen LogP contribution in [0.3, 0.4) is 0 Å². The number of aryl methyl sites for hydroxylation is 2. The van der Waals surface area contributed by atoms with Crippen LogP contribution in [0, 0.1) is 13.8 Å². The van der Waals surface area contributed by atoms with Crippen LogP contribution in [0.15, 0.2) is 47.1 Å². The van der Waals surface area contributed by atoms with Gasteiger partial charge in [-0.2, -0.15) is 4.98 Å². The molecule has 26 heavy (non-hydrogen) atoms. The van der Waals surface area contributed by atoms with Gasteiger partial charge >= 0.3 is 0 Å². The van der Waals surface area contributed by atoms with Gasteiger partial charge in [-0.1, -0.05) is 23.4 Å². The molecule has 0 aliphatic heterocycles. The molecule has 1 N–H and O–H groups in total. The van der Waals surface area contributed by atoms with Gasteiger partial charge in [0.1, 0.15) is 5.82 Å². The van der Waals surface area contributed by atoms with Crippen LogP contribution >= 0.6 is 0 Å². The Bertz CT molecular complexity index is 1100. The number of rotatable bonds is 4. The minimum Gasteiger partial charge on any atom is -0.334 e. The van der Waals surface area contributed by atoms with E-state index < -0.39 is 0 Å². The summed E-state index contributed by atoms with van der Waals surface area (Å²) in [5.74, 6) is 1.34. The lowest BCUT2D eigenvalue weighted by atomic mass is 10.2. The van der Waals surface area contributed by atoms with Gasteiger partial charge in [0.15, 0.2) is 11.5 Å². The van der Waals surface area contributed by atoms with E-state index in [1.54, 1.807) is 23.6 Å². The summed E-state index contributed by atoms with van der Waals surface area (Å²) < 4.78 is 6.95. The maximum absolute atomic E-state index is 12.4. The van der Waals surface area contributed by atoms with Crippen molar-refractivity contribution in [3.63, 3.8) is 0 Å². The summed E-state index contributed by atoms with van der Waals surface area (Å²) in [6.07, 6.45) is 1.89. The van der Waals surface area contributed by atoms with Crippen molar-refractivity contribution in [1.82, 2.24) is 24.7 Å². The number of carbonyl (C=O) groups excluding carboxylic acids is 1. The molecule has 8 heteroatoms. The number of carbonyl (C=O) groups is 1. The highest BCUT2D eigenvalue weighted by Gasteiger charge is 2.14. The standard InChI is InChI=1S/C18H16N6O2/c1-11-5-3-4-6-14(11)20-17(25)9-16-22-21-15-8-7-13(10-24(15)16)18-19-12(2)23-26-18/h3-8,10H,9H2,1-2H3,(H,20,25). The fourth-order valence-corrected chi connectivity index (χ4v) is 2.65. The van der Waals surface area contributed by atoms with Crippen molar-refractivity contribution in [2.75, 3.05) is 5.32 Å². The Morgan fingerprint density at radius 2 is 2.00 bits per heavy atom. The summed E-state index contributed by atoms with van der Waals surface area (Å²) in [6.45, 7) is 3.70. The summed E-state index contributed by atoms with van der Waals surface area (Å²) in [5.41, 5.74) is 3.16. The van der Waals surface area contributed by atoms with E-state index in [2.05, 4.69) is 25.7 Å². The summed E-state index contributed by atoms with van der Waals surface area (Å²) in [7, 11) is 0. The summed E-state index contributed by atoms with van der Waals surface area (Å²) in [4.78, 5) is 16.6. The van der Waals surface area contributed by atoms with E-state index in [4.69, 9.17) is 4.52 Å². The molecule has 0 aliphatic carbocycles. The number of fused-ring (bicyclic) bond motifs is 1. The Hall–Kier alpha value is -3.55. The van der Waals surface area contributed by atoms with Crippen LogP contribution in [-0.4, -0.2) is 30.6 Å². The van der Waals surface area contributed by atoms with E-state index in [0.29, 0.717) is 23.2 Å². The zero-order valence-electron chi connectivity index (χ0n) is 14.3. The van der Waals surface area contributed by atoms with E-state index in [0.717, 1.165) is 16.8 Å². The highest BCUT2D eigenvalue weighted by Crippen LogP contribution is 2.19. The Balaban J connectivity index is 1.60. The number of nitrogens with zero attached hydrogens (tertiary/aromatic N) is 5. The zero-order valence-corrected chi connectivity index (χ0v) is 14.3. The molecule has 0 spiro atoms. The van der Waals surface area contributed by atoms with Gasteiger partial charge in [-0.25, -0.2) is 0 Å². The monoisotopic (exact) mass is 348 g/mol. The van der Waals surface area contributed by atoms with Crippen molar-refractivity contribution in [3.8, 4) is 11.5 Å². The minimum atomic E-state index is -0.160. The second kappa shape index (κ2) is 6.40. The fourth-order valence-electron chi connectivity index (χ4n) is 2.65. The highest BCUT2D eigenvalue weighted by atomic mass is 16.5. The predicted molar refractivity (Wildman–Crippen MR) is 94.5 cm³/mol. The van der Waals surface area contributed by atoms with Crippen LogP contribution in [0.4, 0.5) is 5.69 Å². The number of para-hydroxylation sites is 1. The van der Waals surface area contributed by atoms with Gasteiger partial charge in [0.2, 0.25) is 5.91 Å². The molecule has 1 aromatic carbocycles. The molecule has 0 radical (unpaired) electrons. The number of aromatic nitrogens is 5. The third kappa shape index (κ3) is 3.04. The number of pyridine rings is 1. The third-order valence-corrected chi connectivity index (χ3v) is 3.99. The minimum absolute atomic E-state index is 0.0990. The molecule has 0 aliphatic rings. The molecule has 4 aromatic rings. The second-order valence-electron chi connectivity index (χ2n) is 5.95. The summed E-state index contributed by atoms with van der Waals surface area (Å²) >= 11 is 0. The first-order valence-corrected chi connectivity index (χ1v) is 8.10. The van der Waals surface area contributed by atoms with Gasteiger partial charge in [-0.3, -0.25) is 9.20 Å². The van der Waals surface area contributed by atoms with Crippen molar-refractivity contribution in [2.24, 2.45) is 0 Å². The molecular formula is C18H16N6O2. The van der Waals surface area contributed by atoms with Crippen molar-refractivity contribution >= 4 is 17.2 Å². The Kier molecular flexibility index (Phi) is 3.92. The summed E-state index contributed by atoms with van der Waals surface area (Å²) in [6, 6.07) is 11.2. The molecule has 3 aromatic heterocycles. The van der Waals surface area contributed by atoms with Crippen molar-refractivity contribution in [1.29, 1.82) is 0 Å². The van der Waals surface area contributed by atoms with Gasteiger partial charge in [0.05, 0.1) is 12.0 Å². The smallest absolute Gasteiger partial charge is 0.259 e. The van der Waals surface area contributed by atoms with E-state index in [1.807, 2.05) is 37.3 Å². The normalized spacial score (nSPS) is 11.0. The molecule has 0 fully saturated rings. The number of benzene rings is 1. The molecule has 0 saturated heterocycles. The van der Waals surface area contributed by atoms with Gasteiger partial charge in [-0.15, -0.1) is 10.2 Å². The average molecular weight is 348 g/mol. The number of amides is 1. The lowest BCUT2D eigenvalue weighted by Crippen LogP contribution is -2.16. The molecule has 3 heterocycles. The highest BCUT2D eigenvalue weighted by molar-refractivity contribution is 5.92. The number of nitrogens with one attached hydrogen (secondary N) is 1. The number of hydrogen-bond acceptors (Lipinski definition) is 6. The molecule has 4 rings (SSSR count). The predicted octanol–water partition coefficient (Wildman–Crippen LogP) is 2.58. The maximum atomic E-state index is 12.4. The lowest BCUT2D eigenvalue weighted by molar-refractivity contribution is -0.115. The molecule has 8 nitrogen and oxygen atoms in total. The van der Waals surface area contributed by atoms with Crippen LogP contribution in [0.5, 0.6) is 0 Å². The topological polar surface area (TPSA) is 98.2 Å². The zero-order chi connectivity index (χ0) is 18.1. The van der Waals surface area contributed by atoms with E-state index in [1.165, 1.54) is 0 Å². The van der Waals surface area contributed by atoms with Crippen molar-refractivity contribution in [2.45, 2.75) is 20.3 Å². The number of hydrogen-bond donors (Lipinski definition) is 1. The first-order valence-electron chi connectivity index (χ1n) is 8.10. The van der Waals surface area contributed by atoms with Gasteiger partial charge in [0, 0.05) is 11.9 Å². The van der Waals surface area contributed by atoms with Gasteiger partial charge < -0.3 is 9.84 Å². The quantitative estimate of drug-likeness (QED) is 0.609. The van der Waals surface area contributed by atoms with Gasteiger partial charge in [0.25, 0.3) is 5.89 Å². The first kappa shape index (κ1) is 15.9. The molecule has 0 bridgehead atoms. The molecule has 0 saturated carbocycles. The number of anilines is 1. The van der Waals surface area contributed by atoms with E-state index >= 15 is 0 Å². The van der Waals surface area contributed by atoms with Crippen LogP contribution in [-0.2, 0) is 11.2 Å². The SMILES string of the molecule is Cc1noc(-c2ccc3nnc(CC(=O)Nc4ccccc4C)n3c2)n1. The van der Waals surface area contributed by atoms with Crippen molar-refractivity contribution < 1.29 is 9.32 Å². The van der Waals surface area contributed by atoms with Crippen LogP contribution in [0.25, 0.3) is 17.1 Å². The molecule has 0 atom stereocenters. The van der Waals surface area contributed by atoms with E-state index in [-0.39, 0.29) is 12.3 Å². The molecular weight excluding hydrogens is 332 g/mol. The third-order valence-electron chi connectivity index (χ3n) is 3.99. The largest absolute Gasteiger partial charge is 0.334 e. The van der Waals surface area contributed by atoms with Crippen molar-refractivity contribution in [3.05, 3.63) is 59.8 Å². The van der Waals surface area contributed by atoms with Crippen LogP contribution < -0.4 is 5.32 Å². The molecule has 1 amide bonds. The van der Waals surface area contributed by atoms with Gasteiger partial charge in [-0.05, 0) is 37.6 Å². The first-order chi connectivity index (χ1) is 12.6. The Labute approximate surface area is 148 Å². The average Bonchev–Trinajstić information content (AvgIpc) is 3.23.